The number of para-hydroxylation sites is 1. The van der Waals surface area contributed by atoms with Gasteiger partial charge < -0.3 is 5.32 Å². The van der Waals surface area contributed by atoms with Crippen LogP contribution in [-0.4, -0.2) is 30.3 Å². The minimum absolute atomic E-state index is 0.223. The molecular formula is C23H18N6O. The minimum Gasteiger partial charge on any atom is -0.304 e. The summed E-state index contributed by atoms with van der Waals surface area (Å²) in [5, 5.41) is 11.5. The first-order valence-corrected chi connectivity index (χ1v) is 9.53. The van der Waals surface area contributed by atoms with Crippen molar-refractivity contribution in [2.75, 3.05) is 5.32 Å². The average Bonchev–Trinajstić information content (AvgIpc) is 3.42. The summed E-state index contributed by atoms with van der Waals surface area (Å²) in [4.78, 5) is 19.2. The fourth-order valence-electron chi connectivity index (χ4n) is 3.35. The van der Waals surface area contributed by atoms with Crippen LogP contribution in [0.4, 0.5) is 5.82 Å². The van der Waals surface area contributed by atoms with Crippen LogP contribution in [0, 0.1) is 6.92 Å². The number of aromatic nitrogens is 5. The molecule has 146 valence electrons. The number of carbonyl (C=O) groups excluding carboxylic acids is 1. The van der Waals surface area contributed by atoms with Crippen LogP contribution in [-0.2, 0) is 0 Å². The summed E-state index contributed by atoms with van der Waals surface area (Å²) in [7, 11) is 0. The Hall–Kier alpha value is -4.26. The summed E-state index contributed by atoms with van der Waals surface area (Å²) in [5.74, 6) is 0.247. The number of carbonyl (C=O) groups is 1. The van der Waals surface area contributed by atoms with Gasteiger partial charge in [0.2, 0.25) is 0 Å². The molecule has 0 atom stereocenters. The van der Waals surface area contributed by atoms with E-state index in [1.165, 1.54) is 11.0 Å². The van der Waals surface area contributed by atoms with Crippen LogP contribution in [0.25, 0.3) is 22.6 Å². The fraction of sp³-hybridized carbons (Fsp3) is 0.0435. The second-order valence-electron chi connectivity index (χ2n) is 6.87. The minimum atomic E-state index is -0.349. The summed E-state index contributed by atoms with van der Waals surface area (Å²) in [5.41, 5.74) is 4.44. The van der Waals surface area contributed by atoms with Crippen molar-refractivity contribution < 1.29 is 4.79 Å². The van der Waals surface area contributed by atoms with E-state index in [0.29, 0.717) is 11.5 Å². The molecule has 0 radical (unpaired) electrons. The van der Waals surface area contributed by atoms with E-state index in [-0.39, 0.29) is 11.6 Å². The zero-order chi connectivity index (χ0) is 20.5. The second-order valence-corrected chi connectivity index (χ2v) is 6.87. The van der Waals surface area contributed by atoms with Gasteiger partial charge in [-0.2, -0.15) is 9.90 Å². The maximum Gasteiger partial charge on any atom is 0.279 e. The SMILES string of the molecule is Cc1cccn2c(NC(=O)c3cnn(-c4ccccc4)n3)c(-c3ccccc3)nc12. The Kier molecular flexibility index (Phi) is 4.33. The maximum atomic E-state index is 13.0. The zero-order valence-electron chi connectivity index (χ0n) is 16.2. The molecule has 0 bridgehead atoms. The predicted molar refractivity (Wildman–Crippen MR) is 115 cm³/mol. The van der Waals surface area contributed by atoms with Crippen LogP contribution >= 0.6 is 0 Å². The van der Waals surface area contributed by atoms with E-state index in [0.717, 1.165) is 22.5 Å². The highest BCUT2D eigenvalue weighted by Crippen LogP contribution is 2.30. The molecule has 7 heteroatoms. The number of rotatable bonds is 4. The predicted octanol–water partition coefficient (Wildman–Crippen LogP) is 4.14. The average molecular weight is 394 g/mol. The molecule has 3 heterocycles. The fourth-order valence-corrected chi connectivity index (χ4v) is 3.35. The number of amides is 1. The summed E-state index contributed by atoms with van der Waals surface area (Å²) < 4.78 is 1.89. The third-order valence-corrected chi connectivity index (χ3v) is 4.84. The molecule has 1 N–H and O–H groups in total. The Labute approximate surface area is 172 Å². The number of nitrogens with zero attached hydrogens (tertiary/aromatic N) is 5. The third-order valence-electron chi connectivity index (χ3n) is 4.84. The van der Waals surface area contributed by atoms with Gasteiger partial charge in [0.1, 0.15) is 17.2 Å². The van der Waals surface area contributed by atoms with E-state index < -0.39 is 0 Å². The van der Waals surface area contributed by atoms with Gasteiger partial charge in [-0.05, 0) is 30.7 Å². The Morgan fingerprint density at radius 1 is 0.933 bits per heavy atom. The van der Waals surface area contributed by atoms with E-state index in [2.05, 4.69) is 15.5 Å². The molecule has 5 rings (SSSR count). The van der Waals surface area contributed by atoms with Crippen LogP contribution in [0.3, 0.4) is 0 Å². The number of pyridine rings is 1. The van der Waals surface area contributed by atoms with Crippen molar-refractivity contribution in [2.45, 2.75) is 6.92 Å². The quantitative estimate of drug-likeness (QED) is 0.497. The molecule has 0 fully saturated rings. The highest BCUT2D eigenvalue weighted by Gasteiger charge is 2.19. The third kappa shape index (κ3) is 3.12. The molecule has 1 amide bonds. The number of benzene rings is 2. The first-order valence-electron chi connectivity index (χ1n) is 9.53. The smallest absolute Gasteiger partial charge is 0.279 e. The highest BCUT2D eigenvalue weighted by atomic mass is 16.2. The summed E-state index contributed by atoms with van der Waals surface area (Å²) in [6, 6.07) is 23.2. The lowest BCUT2D eigenvalue weighted by molar-refractivity contribution is 0.102. The molecule has 7 nitrogen and oxygen atoms in total. The number of hydrogen-bond acceptors (Lipinski definition) is 4. The monoisotopic (exact) mass is 394 g/mol. The molecule has 30 heavy (non-hydrogen) atoms. The van der Waals surface area contributed by atoms with Crippen molar-refractivity contribution in [2.24, 2.45) is 0 Å². The Morgan fingerprint density at radius 3 is 2.43 bits per heavy atom. The largest absolute Gasteiger partial charge is 0.304 e. The molecule has 0 unspecified atom stereocenters. The lowest BCUT2D eigenvalue weighted by Gasteiger charge is -2.07. The lowest BCUT2D eigenvalue weighted by Crippen LogP contribution is -2.15. The molecule has 0 aliphatic carbocycles. The molecule has 0 saturated heterocycles. The van der Waals surface area contributed by atoms with Crippen molar-refractivity contribution in [1.82, 2.24) is 24.4 Å². The molecule has 5 aromatic rings. The van der Waals surface area contributed by atoms with Gasteiger partial charge in [-0.15, -0.1) is 5.10 Å². The Bertz CT molecular complexity index is 1340. The Morgan fingerprint density at radius 2 is 1.67 bits per heavy atom. The number of imidazole rings is 1. The van der Waals surface area contributed by atoms with E-state index >= 15 is 0 Å². The Balaban J connectivity index is 1.55. The molecule has 0 aliphatic heterocycles. The van der Waals surface area contributed by atoms with E-state index in [9.17, 15) is 4.79 Å². The van der Waals surface area contributed by atoms with E-state index in [1.54, 1.807) is 0 Å². The number of fused-ring (bicyclic) bond motifs is 1. The van der Waals surface area contributed by atoms with E-state index in [4.69, 9.17) is 4.98 Å². The number of aryl methyl sites for hydroxylation is 1. The number of nitrogens with one attached hydrogen (secondary N) is 1. The zero-order valence-corrected chi connectivity index (χ0v) is 16.2. The van der Waals surface area contributed by atoms with Gasteiger partial charge in [-0.3, -0.25) is 9.20 Å². The van der Waals surface area contributed by atoms with Gasteiger partial charge in [0, 0.05) is 11.8 Å². The molecule has 0 spiro atoms. The molecule has 2 aromatic carbocycles. The second kappa shape index (κ2) is 7.29. The number of anilines is 1. The number of hydrogen-bond donors (Lipinski definition) is 1. The first-order chi connectivity index (χ1) is 14.7. The van der Waals surface area contributed by atoms with Crippen molar-refractivity contribution in [3.63, 3.8) is 0 Å². The molecule has 0 saturated carbocycles. The van der Waals surface area contributed by atoms with Gasteiger partial charge in [0.15, 0.2) is 5.69 Å². The van der Waals surface area contributed by atoms with Crippen molar-refractivity contribution in [3.05, 3.63) is 96.4 Å². The van der Waals surface area contributed by atoms with Crippen LogP contribution in [0.1, 0.15) is 16.1 Å². The van der Waals surface area contributed by atoms with Crippen molar-refractivity contribution >= 4 is 17.4 Å². The summed E-state index contributed by atoms with van der Waals surface area (Å²) in [6.07, 6.45) is 3.34. The highest BCUT2D eigenvalue weighted by molar-refractivity contribution is 6.04. The van der Waals surface area contributed by atoms with Gasteiger partial charge in [0.25, 0.3) is 5.91 Å². The van der Waals surface area contributed by atoms with Crippen molar-refractivity contribution in [1.29, 1.82) is 0 Å². The van der Waals surface area contributed by atoms with Gasteiger partial charge >= 0.3 is 0 Å². The normalized spacial score (nSPS) is 11.0. The van der Waals surface area contributed by atoms with Gasteiger partial charge in [-0.25, -0.2) is 4.98 Å². The lowest BCUT2D eigenvalue weighted by atomic mass is 10.1. The van der Waals surface area contributed by atoms with Crippen molar-refractivity contribution in [3.8, 4) is 16.9 Å². The molecule has 0 aliphatic rings. The van der Waals surface area contributed by atoms with Crippen LogP contribution in [0.2, 0.25) is 0 Å². The topological polar surface area (TPSA) is 77.1 Å². The van der Waals surface area contributed by atoms with Crippen LogP contribution in [0.5, 0.6) is 0 Å². The maximum absolute atomic E-state index is 13.0. The molecular weight excluding hydrogens is 376 g/mol. The summed E-state index contributed by atoms with van der Waals surface area (Å²) >= 11 is 0. The summed E-state index contributed by atoms with van der Waals surface area (Å²) in [6.45, 7) is 1.99. The van der Waals surface area contributed by atoms with Gasteiger partial charge in [0.05, 0.1) is 11.9 Å². The van der Waals surface area contributed by atoms with Crippen LogP contribution in [0.15, 0.2) is 85.2 Å². The first kappa shape index (κ1) is 17.8. The van der Waals surface area contributed by atoms with Gasteiger partial charge in [-0.1, -0.05) is 54.6 Å². The van der Waals surface area contributed by atoms with E-state index in [1.807, 2.05) is 90.3 Å². The standard InChI is InChI=1S/C23H18N6O/c1-16-9-8-14-28-21(16)25-20(17-10-4-2-5-11-17)22(28)26-23(30)19-15-24-29(27-19)18-12-6-3-7-13-18/h2-15H,1H3,(H,26,30). The molecule has 3 aromatic heterocycles. The van der Waals surface area contributed by atoms with Crippen LogP contribution < -0.4 is 5.32 Å².